The number of likely N-dealkylation sites (N-methyl/N-ethyl adjacent to an activating group) is 1. The number of ether oxygens (including phenoxy) is 1. The van der Waals surface area contributed by atoms with E-state index in [1.54, 1.807) is 42.5 Å². The van der Waals surface area contributed by atoms with Crippen LogP contribution in [-0.2, 0) is 25.5 Å². The Bertz CT molecular complexity index is 1100. The zero-order valence-electron chi connectivity index (χ0n) is 24.0. The van der Waals surface area contributed by atoms with Gasteiger partial charge in [0.2, 0.25) is 11.7 Å². The van der Waals surface area contributed by atoms with Crippen LogP contribution in [0.1, 0.15) is 57.2 Å². The van der Waals surface area contributed by atoms with Crippen LogP contribution in [0.25, 0.3) is 0 Å². The Labute approximate surface area is 231 Å². The number of carboxylic acid groups (broad SMARTS) is 1. The fourth-order valence-electron chi connectivity index (χ4n) is 3.97. The SMILES string of the molecule is C/C=C(\Cc1ccc(C)s1)CC(C)(CC)/C(C(=O)C=O)=C1/C(OCC(=O)O)=NC(C)=CN1C.C=CC.CN. The molecular formula is C29H43N3O5S. The Hall–Kier alpha value is -3.30. The van der Waals surface area contributed by atoms with Crippen LogP contribution in [0.5, 0.6) is 0 Å². The zero-order chi connectivity index (χ0) is 29.5. The lowest BCUT2D eigenvalue weighted by Gasteiger charge is -2.36. The molecule has 9 heteroatoms. The molecule has 1 atom stereocenters. The Balaban J connectivity index is 0.00000255. The second kappa shape index (κ2) is 17.3. The summed E-state index contributed by atoms with van der Waals surface area (Å²) in [5.74, 6) is -1.79. The van der Waals surface area contributed by atoms with Crippen LogP contribution in [0, 0.1) is 12.3 Å². The summed E-state index contributed by atoms with van der Waals surface area (Å²) >= 11 is 1.74. The maximum atomic E-state index is 13.0. The first kappa shape index (κ1) is 34.7. The molecule has 0 spiro atoms. The molecule has 0 aliphatic carbocycles. The summed E-state index contributed by atoms with van der Waals surface area (Å²) in [6.07, 6.45) is 7.73. The first-order valence-electron chi connectivity index (χ1n) is 12.4. The smallest absolute Gasteiger partial charge is 0.341 e. The largest absolute Gasteiger partial charge is 0.479 e. The van der Waals surface area contributed by atoms with Crippen molar-refractivity contribution in [3.05, 3.63) is 69.4 Å². The first-order valence-corrected chi connectivity index (χ1v) is 13.2. The summed E-state index contributed by atoms with van der Waals surface area (Å²) in [6, 6.07) is 4.19. The number of nitrogens with zero attached hydrogens (tertiary/aromatic N) is 2. The molecule has 2 rings (SSSR count). The number of carbonyl (C=O) groups is 3. The third-order valence-corrected chi connectivity index (χ3v) is 6.74. The molecule has 8 nitrogen and oxygen atoms in total. The van der Waals surface area contributed by atoms with E-state index in [2.05, 4.69) is 42.4 Å². The number of aliphatic carboxylic acids is 1. The number of hydrogen-bond donors (Lipinski definition) is 2. The molecule has 0 bridgehead atoms. The number of Topliss-reactive ketones (excluding diaryl/α,β-unsaturated/α-hetero) is 1. The van der Waals surface area contributed by atoms with Gasteiger partial charge in [0.15, 0.2) is 12.9 Å². The Morgan fingerprint density at radius 3 is 2.32 bits per heavy atom. The van der Waals surface area contributed by atoms with Gasteiger partial charge >= 0.3 is 5.97 Å². The normalized spacial score (nSPS) is 15.8. The number of aryl methyl sites for hydroxylation is 1. The van der Waals surface area contributed by atoms with Gasteiger partial charge in [0, 0.05) is 40.4 Å². The highest BCUT2D eigenvalue weighted by Crippen LogP contribution is 2.42. The van der Waals surface area contributed by atoms with Gasteiger partial charge in [0.05, 0.1) is 5.70 Å². The lowest BCUT2D eigenvalue weighted by atomic mass is 9.71. The molecule has 3 N–H and O–H groups in total. The second-order valence-electron chi connectivity index (χ2n) is 8.82. The molecule has 1 aliphatic heterocycles. The predicted molar refractivity (Wildman–Crippen MR) is 156 cm³/mol. The highest BCUT2D eigenvalue weighted by atomic mass is 32.1. The van der Waals surface area contributed by atoms with E-state index in [9.17, 15) is 14.4 Å². The van der Waals surface area contributed by atoms with Gasteiger partial charge < -0.3 is 20.5 Å². The van der Waals surface area contributed by atoms with Crippen LogP contribution in [0.3, 0.4) is 0 Å². The van der Waals surface area contributed by atoms with E-state index in [0.29, 0.717) is 30.5 Å². The summed E-state index contributed by atoms with van der Waals surface area (Å²) in [5, 5.41) is 9.10. The monoisotopic (exact) mass is 545 g/mol. The molecule has 2 heterocycles. The zero-order valence-corrected chi connectivity index (χ0v) is 24.8. The molecule has 38 heavy (non-hydrogen) atoms. The minimum absolute atomic E-state index is 0.0284. The number of nitrogens with two attached hydrogens (primary N) is 1. The quantitative estimate of drug-likeness (QED) is 0.174. The van der Waals surface area contributed by atoms with Crippen molar-refractivity contribution in [1.82, 2.24) is 4.90 Å². The summed E-state index contributed by atoms with van der Waals surface area (Å²) in [4.78, 5) is 44.4. The van der Waals surface area contributed by atoms with Gasteiger partial charge in [0.25, 0.3) is 0 Å². The van der Waals surface area contributed by atoms with Crippen LogP contribution in [0.2, 0.25) is 0 Å². The Morgan fingerprint density at radius 1 is 1.26 bits per heavy atom. The van der Waals surface area contributed by atoms with Crippen molar-refractivity contribution in [3.8, 4) is 0 Å². The highest BCUT2D eigenvalue weighted by Gasteiger charge is 2.38. The first-order chi connectivity index (χ1) is 18.0. The van der Waals surface area contributed by atoms with Gasteiger partial charge in [-0.15, -0.1) is 17.9 Å². The van der Waals surface area contributed by atoms with Gasteiger partial charge in [0.1, 0.15) is 5.70 Å². The van der Waals surface area contributed by atoms with Gasteiger partial charge in [-0.1, -0.05) is 31.6 Å². The molecule has 0 saturated heterocycles. The summed E-state index contributed by atoms with van der Waals surface area (Å²) < 4.78 is 5.47. The Morgan fingerprint density at radius 2 is 1.87 bits per heavy atom. The van der Waals surface area contributed by atoms with Gasteiger partial charge in [-0.2, -0.15) is 0 Å². The van der Waals surface area contributed by atoms with Crippen molar-refractivity contribution >= 4 is 35.3 Å². The average molecular weight is 546 g/mol. The van der Waals surface area contributed by atoms with Crippen molar-refractivity contribution in [1.29, 1.82) is 0 Å². The number of aldehydes is 1. The summed E-state index contributed by atoms with van der Waals surface area (Å²) in [7, 11) is 3.23. The second-order valence-corrected chi connectivity index (χ2v) is 10.2. The van der Waals surface area contributed by atoms with Gasteiger partial charge in [-0.3, -0.25) is 9.59 Å². The average Bonchev–Trinajstić information content (AvgIpc) is 3.29. The third-order valence-electron chi connectivity index (χ3n) is 5.74. The summed E-state index contributed by atoms with van der Waals surface area (Å²) in [5.41, 5.74) is 6.14. The number of carboxylic acids is 1. The molecule has 1 aromatic heterocycles. The number of allylic oxidation sites excluding steroid dienone is 5. The van der Waals surface area contributed by atoms with Crippen molar-refractivity contribution in [2.75, 3.05) is 20.7 Å². The summed E-state index contributed by atoms with van der Waals surface area (Å²) in [6.45, 7) is 14.4. The maximum absolute atomic E-state index is 13.0. The van der Waals surface area contributed by atoms with E-state index < -0.39 is 23.8 Å². The minimum Gasteiger partial charge on any atom is -0.479 e. The standard InChI is InChI=1S/C25H32N2O5S.C3H6.CH5N/c1-7-18(11-19-10-9-17(4)33-19)12-25(5,8-2)22(20(29)14-28)23-24(32-15-21(30)31)26-16(3)13-27(23)6;1-3-2;1-2/h7,9-10,13-14H,8,11-12,15H2,1-6H3,(H,30,31);3H,1H2,2H3;2H2,1H3/b18-7+,23-22-;;. The molecule has 0 saturated carbocycles. The number of hydrogen-bond acceptors (Lipinski definition) is 8. The van der Waals surface area contributed by atoms with Crippen molar-refractivity contribution < 1.29 is 24.2 Å². The lowest BCUT2D eigenvalue weighted by Crippen LogP contribution is -2.36. The number of ketones is 1. The molecule has 210 valence electrons. The predicted octanol–water partition coefficient (Wildman–Crippen LogP) is 5.45. The molecule has 1 aromatic rings. The van der Waals surface area contributed by atoms with E-state index in [1.807, 2.05) is 27.7 Å². The van der Waals surface area contributed by atoms with Gasteiger partial charge in [-0.25, -0.2) is 9.79 Å². The molecule has 0 fully saturated rings. The number of rotatable bonds is 10. The van der Waals surface area contributed by atoms with E-state index in [1.165, 1.54) is 16.8 Å². The molecule has 1 unspecified atom stereocenters. The number of aliphatic imine (C=N–C) groups is 1. The fourth-order valence-corrected chi connectivity index (χ4v) is 4.92. The van der Waals surface area contributed by atoms with Crippen LogP contribution in [0.15, 0.2) is 64.6 Å². The molecule has 1 aliphatic rings. The van der Waals surface area contributed by atoms with Crippen LogP contribution < -0.4 is 5.73 Å². The van der Waals surface area contributed by atoms with E-state index in [4.69, 9.17) is 9.84 Å². The van der Waals surface area contributed by atoms with Crippen molar-refractivity contribution in [3.63, 3.8) is 0 Å². The molecule has 0 radical (unpaired) electrons. The highest BCUT2D eigenvalue weighted by molar-refractivity contribution is 7.11. The van der Waals surface area contributed by atoms with Gasteiger partial charge in [-0.05, 0) is 59.7 Å². The maximum Gasteiger partial charge on any atom is 0.341 e. The molecule has 0 aromatic carbocycles. The Kier molecular flexibility index (Phi) is 15.8. The van der Waals surface area contributed by atoms with Crippen molar-refractivity contribution in [2.24, 2.45) is 16.1 Å². The van der Waals surface area contributed by atoms with E-state index in [-0.39, 0.29) is 11.5 Å². The van der Waals surface area contributed by atoms with Crippen LogP contribution in [0.4, 0.5) is 0 Å². The molecular weight excluding hydrogens is 502 g/mol. The third kappa shape index (κ3) is 10.2. The molecule has 0 amide bonds. The number of thiophene rings is 1. The minimum atomic E-state index is -1.16. The topological polar surface area (TPSA) is 122 Å². The van der Waals surface area contributed by atoms with Crippen LogP contribution >= 0.6 is 11.3 Å². The lowest BCUT2D eigenvalue weighted by molar-refractivity contribution is -0.139. The van der Waals surface area contributed by atoms with Crippen LogP contribution in [-0.4, -0.2) is 54.6 Å². The fraction of sp³-hybridized carbons (Fsp3) is 0.448. The van der Waals surface area contributed by atoms with Crippen molar-refractivity contribution in [2.45, 2.75) is 60.8 Å². The van der Waals surface area contributed by atoms with E-state index in [0.717, 1.165) is 12.0 Å². The van der Waals surface area contributed by atoms with E-state index >= 15 is 0 Å². The number of carbonyl (C=O) groups excluding carboxylic acids is 2.